The fraction of sp³-hybridized carbons (Fsp3) is 0.0938. The predicted molar refractivity (Wildman–Crippen MR) is 164 cm³/mol. The standard InChI is InChI=1S/C32H28ClN3O3S/c1-21-13-14-25(33)20-28(21)35-30(37)22(2)40-27-17-15-26(16-18-27)34-32(39)29(19-23-9-5-3-6-10-23)36-31(38)24-11-7-4-8-12-24/h3-20,22H,1-2H3,(H,34,39)(H,35,37)(H,36,38)/b29-19-. The number of anilines is 2. The summed E-state index contributed by atoms with van der Waals surface area (Å²) < 4.78 is 0. The van der Waals surface area contributed by atoms with Crippen LogP contribution in [0.25, 0.3) is 6.08 Å². The number of carbonyl (C=O) groups excluding carboxylic acids is 3. The molecule has 0 saturated heterocycles. The molecule has 1 atom stereocenters. The van der Waals surface area contributed by atoms with Crippen molar-refractivity contribution in [2.24, 2.45) is 0 Å². The summed E-state index contributed by atoms with van der Waals surface area (Å²) in [4.78, 5) is 39.6. The number of rotatable bonds is 9. The number of amides is 3. The van der Waals surface area contributed by atoms with Gasteiger partial charge in [-0.2, -0.15) is 0 Å². The van der Waals surface area contributed by atoms with Gasteiger partial charge in [0.05, 0.1) is 5.25 Å². The second-order valence-electron chi connectivity index (χ2n) is 8.98. The number of halogens is 1. The van der Waals surface area contributed by atoms with E-state index in [1.165, 1.54) is 11.8 Å². The van der Waals surface area contributed by atoms with Crippen molar-refractivity contribution in [3.8, 4) is 0 Å². The van der Waals surface area contributed by atoms with Crippen LogP contribution < -0.4 is 16.0 Å². The van der Waals surface area contributed by atoms with E-state index < -0.39 is 5.91 Å². The van der Waals surface area contributed by atoms with E-state index in [0.29, 0.717) is 22.0 Å². The van der Waals surface area contributed by atoms with E-state index in [1.54, 1.807) is 54.6 Å². The van der Waals surface area contributed by atoms with Gasteiger partial charge in [0.25, 0.3) is 11.8 Å². The Morgan fingerprint density at radius 1 is 0.825 bits per heavy atom. The van der Waals surface area contributed by atoms with Crippen LogP contribution in [-0.4, -0.2) is 23.0 Å². The maximum absolute atomic E-state index is 13.2. The molecule has 40 heavy (non-hydrogen) atoms. The number of carbonyl (C=O) groups is 3. The Hall–Kier alpha value is -4.33. The lowest BCUT2D eigenvalue weighted by atomic mass is 10.1. The summed E-state index contributed by atoms with van der Waals surface area (Å²) in [5.74, 6) is -0.985. The number of nitrogens with one attached hydrogen (secondary N) is 3. The molecule has 0 aliphatic rings. The maximum atomic E-state index is 13.2. The Balaban J connectivity index is 1.41. The monoisotopic (exact) mass is 569 g/mol. The Morgan fingerprint density at radius 2 is 1.48 bits per heavy atom. The van der Waals surface area contributed by atoms with Crippen LogP contribution in [0, 0.1) is 6.92 Å². The van der Waals surface area contributed by atoms with Gasteiger partial charge in [-0.05, 0) is 79.6 Å². The summed E-state index contributed by atoms with van der Waals surface area (Å²) in [6.07, 6.45) is 1.63. The fourth-order valence-corrected chi connectivity index (χ4v) is 4.73. The molecule has 4 aromatic carbocycles. The van der Waals surface area contributed by atoms with E-state index >= 15 is 0 Å². The van der Waals surface area contributed by atoms with Gasteiger partial charge < -0.3 is 16.0 Å². The third-order valence-electron chi connectivity index (χ3n) is 5.89. The molecule has 0 heterocycles. The highest BCUT2D eigenvalue weighted by Crippen LogP contribution is 2.27. The largest absolute Gasteiger partial charge is 0.325 e. The summed E-state index contributed by atoms with van der Waals surface area (Å²) in [6.45, 7) is 3.73. The van der Waals surface area contributed by atoms with Gasteiger partial charge in [-0.25, -0.2) is 0 Å². The fourth-order valence-electron chi connectivity index (χ4n) is 3.69. The lowest BCUT2D eigenvalue weighted by Crippen LogP contribution is -2.30. The second kappa shape index (κ2) is 13.6. The molecule has 3 amide bonds. The van der Waals surface area contributed by atoms with Crippen LogP contribution in [0.5, 0.6) is 0 Å². The van der Waals surface area contributed by atoms with Gasteiger partial charge in [-0.1, -0.05) is 66.2 Å². The molecule has 0 bridgehead atoms. The molecule has 4 rings (SSSR count). The van der Waals surface area contributed by atoms with Crippen LogP contribution in [0.1, 0.15) is 28.4 Å². The zero-order valence-corrected chi connectivity index (χ0v) is 23.6. The van der Waals surface area contributed by atoms with Crippen molar-refractivity contribution in [2.75, 3.05) is 10.6 Å². The number of aryl methyl sites for hydroxylation is 1. The molecular weight excluding hydrogens is 542 g/mol. The first-order valence-electron chi connectivity index (χ1n) is 12.6. The molecule has 0 radical (unpaired) electrons. The molecule has 1 unspecified atom stereocenters. The van der Waals surface area contributed by atoms with Crippen LogP contribution >= 0.6 is 23.4 Å². The van der Waals surface area contributed by atoms with Gasteiger partial charge in [0.15, 0.2) is 0 Å². The Bertz CT molecular complexity index is 1520. The Kier molecular flexibility index (Phi) is 9.78. The van der Waals surface area contributed by atoms with E-state index in [1.807, 2.05) is 68.4 Å². The predicted octanol–water partition coefficient (Wildman–Crippen LogP) is 7.18. The second-order valence-corrected chi connectivity index (χ2v) is 10.8. The Labute approximate surface area is 242 Å². The highest BCUT2D eigenvalue weighted by molar-refractivity contribution is 8.00. The number of hydrogen-bond donors (Lipinski definition) is 3. The van der Waals surface area contributed by atoms with Gasteiger partial charge in [0.2, 0.25) is 5.91 Å². The van der Waals surface area contributed by atoms with Crippen molar-refractivity contribution < 1.29 is 14.4 Å². The summed E-state index contributed by atoms with van der Waals surface area (Å²) in [6, 6.07) is 30.5. The molecule has 3 N–H and O–H groups in total. The molecule has 0 aliphatic heterocycles. The summed E-state index contributed by atoms with van der Waals surface area (Å²) in [5, 5.41) is 8.69. The molecule has 0 spiro atoms. The van der Waals surface area contributed by atoms with Crippen molar-refractivity contribution >= 4 is 58.5 Å². The van der Waals surface area contributed by atoms with E-state index in [9.17, 15) is 14.4 Å². The zero-order valence-electron chi connectivity index (χ0n) is 22.0. The number of benzene rings is 4. The first kappa shape index (κ1) is 28.7. The molecule has 6 nitrogen and oxygen atoms in total. The van der Waals surface area contributed by atoms with Crippen LogP contribution in [0.15, 0.2) is 114 Å². The van der Waals surface area contributed by atoms with Gasteiger partial charge >= 0.3 is 0 Å². The molecule has 8 heteroatoms. The van der Waals surface area contributed by atoms with Crippen LogP contribution in [0.4, 0.5) is 11.4 Å². The van der Waals surface area contributed by atoms with Crippen LogP contribution in [-0.2, 0) is 9.59 Å². The van der Waals surface area contributed by atoms with Crippen molar-refractivity contribution in [3.05, 3.63) is 131 Å². The average Bonchev–Trinajstić information content (AvgIpc) is 2.96. The zero-order chi connectivity index (χ0) is 28.5. The van der Waals surface area contributed by atoms with E-state index in [2.05, 4.69) is 16.0 Å². The highest BCUT2D eigenvalue weighted by atomic mass is 35.5. The van der Waals surface area contributed by atoms with Gasteiger partial charge in [-0.15, -0.1) is 11.8 Å². The van der Waals surface area contributed by atoms with Crippen molar-refractivity contribution in [1.82, 2.24) is 5.32 Å². The lowest BCUT2D eigenvalue weighted by molar-refractivity contribution is -0.115. The minimum atomic E-state index is -0.460. The first-order chi connectivity index (χ1) is 19.3. The molecule has 0 aliphatic carbocycles. The molecule has 0 aromatic heterocycles. The van der Waals surface area contributed by atoms with Crippen molar-refractivity contribution in [3.63, 3.8) is 0 Å². The van der Waals surface area contributed by atoms with E-state index in [0.717, 1.165) is 16.0 Å². The van der Waals surface area contributed by atoms with Crippen LogP contribution in [0.2, 0.25) is 5.02 Å². The summed E-state index contributed by atoms with van der Waals surface area (Å²) >= 11 is 7.46. The smallest absolute Gasteiger partial charge is 0.272 e. The molecule has 0 saturated carbocycles. The van der Waals surface area contributed by atoms with E-state index in [4.69, 9.17) is 11.6 Å². The summed E-state index contributed by atoms with van der Waals surface area (Å²) in [5.41, 5.74) is 3.48. The quantitative estimate of drug-likeness (QED) is 0.147. The maximum Gasteiger partial charge on any atom is 0.272 e. The molecular formula is C32H28ClN3O3S. The molecule has 202 valence electrons. The van der Waals surface area contributed by atoms with Gasteiger partial charge in [0, 0.05) is 26.9 Å². The number of thioether (sulfide) groups is 1. The van der Waals surface area contributed by atoms with E-state index in [-0.39, 0.29) is 22.8 Å². The highest BCUT2D eigenvalue weighted by Gasteiger charge is 2.17. The van der Waals surface area contributed by atoms with Crippen LogP contribution in [0.3, 0.4) is 0 Å². The topological polar surface area (TPSA) is 87.3 Å². The normalized spacial score (nSPS) is 11.8. The third-order valence-corrected chi connectivity index (χ3v) is 7.24. The van der Waals surface area contributed by atoms with Crippen molar-refractivity contribution in [1.29, 1.82) is 0 Å². The minimum absolute atomic E-state index is 0.111. The molecule has 4 aromatic rings. The first-order valence-corrected chi connectivity index (χ1v) is 13.8. The van der Waals surface area contributed by atoms with Gasteiger partial charge in [-0.3, -0.25) is 14.4 Å². The van der Waals surface area contributed by atoms with Crippen molar-refractivity contribution in [2.45, 2.75) is 24.0 Å². The Morgan fingerprint density at radius 3 is 2.15 bits per heavy atom. The minimum Gasteiger partial charge on any atom is -0.325 e. The number of hydrogen-bond acceptors (Lipinski definition) is 4. The van der Waals surface area contributed by atoms with Gasteiger partial charge in [0.1, 0.15) is 5.70 Å². The SMILES string of the molecule is Cc1ccc(Cl)cc1NC(=O)C(C)Sc1ccc(NC(=O)/C(=C/c2ccccc2)NC(=O)c2ccccc2)cc1. The summed E-state index contributed by atoms with van der Waals surface area (Å²) in [7, 11) is 0. The third kappa shape index (κ3) is 8.09. The lowest BCUT2D eigenvalue weighted by Gasteiger charge is -2.14. The molecule has 0 fully saturated rings. The average molecular weight is 570 g/mol.